The number of urea groups is 1. The maximum Gasteiger partial charge on any atom is 0.329 e. The zero-order chi connectivity index (χ0) is 20.5. The zero-order valence-corrected chi connectivity index (χ0v) is 16.3. The first kappa shape index (κ1) is 21.2. The number of ether oxygens (including phenoxy) is 1. The number of amides is 3. The van der Waals surface area contributed by atoms with Gasteiger partial charge in [-0.15, -0.1) is 0 Å². The molecule has 3 N–H and O–H groups in total. The Morgan fingerprint density at radius 1 is 0.964 bits per heavy atom. The van der Waals surface area contributed by atoms with Gasteiger partial charge in [0, 0.05) is 16.4 Å². The van der Waals surface area contributed by atoms with Gasteiger partial charge in [0.05, 0.1) is 0 Å². The highest BCUT2D eigenvalue weighted by Crippen LogP contribution is 2.14. The fourth-order valence-corrected chi connectivity index (χ4v) is 2.51. The molecule has 8 heteroatoms. The molecule has 2 aromatic carbocycles. The Morgan fingerprint density at radius 2 is 1.64 bits per heavy atom. The van der Waals surface area contributed by atoms with Gasteiger partial charge in [0.15, 0.2) is 6.61 Å². The van der Waals surface area contributed by atoms with E-state index < -0.39 is 30.6 Å². The van der Waals surface area contributed by atoms with E-state index in [1.807, 2.05) is 6.07 Å². The van der Waals surface area contributed by atoms with Crippen molar-refractivity contribution in [2.24, 2.45) is 5.92 Å². The third-order valence-corrected chi connectivity index (χ3v) is 3.93. The Labute approximate surface area is 168 Å². The number of halogens is 1. The molecular formula is C20H22ClN3O4. The molecule has 0 saturated carbocycles. The van der Waals surface area contributed by atoms with Crippen LogP contribution in [0.3, 0.4) is 0 Å². The number of rotatable bonds is 7. The van der Waals surface area contributed by atoms with Gasteiger partial charge in [-0.2, -0.15) is 0 Å². The molecule has 0 radical (unpaired) electrons. The third kappa shape index (κ3) is 6.92. The molecule has 0 aromatic heterocycles. The van der Waals surface area contributed by atoms with Crippen LogP contribution in [-0.2, 0) is 14.3 Å². The lowest BCUT2D eigenvalue weighted by Gasteiger charge is -2.21. The van der Waals surface area contributed by atoms with Crippen molar-refractivity contribution in [1.29, 1.82) is 0 Å². The Balaban J connectivity index is 1.86. The van der Waals surface area contributed by atoms with Crippen molar-refractivity contribution < 1.29 is 19.1 Å². The van der Waals surface area contributed by atoms with Gasteiger partial charge in [-0.1, -0.05) is 49.7 Å². The van der Waals surface area contributed by atoms with Crippen LogP contribution in [0.1, 0.15) is 13.8 Å². The lowest BCUT2D eigenvalue weighted by molar-refractivity contribution is -0.150. The maximum atomic E-state index is 12.3. The number of benzene rings is 2. The summed E-state index contributed by atoms with van der Waals surface area (Å²) < 4.78 is 5.05. The summed E-state index contributed by atoms with van der Waals surface area (Å²) in [6, 6.07) is 14.0. The van der Waals surface area contributed by atoms with Crippen molar-refractivity contribution >= 4 is 40.9 Å². The number of carbonyl (C=O) groups is 3. The molecule has 2 aromatic rings. The second-order valence-electron chi connectivity index (χ2n) is 6.35. The number of nitrogens with one attached hydrogen (secondary N) is 3. The molecule has 2 rings (SSSR count). The Kier molecular flexibility index (Phi) is 7.83. The van der Waals surface area contributed by atoms with Crippen molar-refractivity contribution in [1.82, 2.24) is 5.32 Å². The maximum absolute atomic E-state index is 12.3. The monoisotopic (exact) mass is 403 g/mol. The first-order valence-electron chi connectivity index (χ1n) is 8.70. The number of carbonyl (C=O) groups excluding carboxylic acids is 3. The highest BCUT2D eigenvalue weighted by molar-refractivity contribution is 6.30. The van der Waals surface area contributed by atoms with E-state index in [0.29, 0.717) is 16.4 Å². The van der Waals surface area contributed by atoms with Crippen LogP contribution in [0, 0.1) is 5.92 Å². The topological polar surface area (TPSA) is 96.5 Å². The average Bonchev–Trinajstić information content (AvgIpc) is 2.65. The molecule has 0 bridgehead atoms. The summed E-state index contributed by atoms with van der Waals surface area (Å²) >= 11 is 5.86. The van der Waals surface area contributed by atoms with Gasteiger partial charge in [0.25, 0.3) is 5.91 Å². The SMILES string of the molecule is CC(C)[C@@H](NC(=O)Nc1ccccc1)C(=O)OCC(=O)Nc1cccc(Cl)c1. The van der Waals surface area contributed by atoms with Gasteiger partial charge in [0.2, 0.25) is 0 Å². The van der Waals surface area contributed by atoms with Crippen molar-refractivity contribution in [2.75, 3.05) is 17.2 Å². The molecule has 0 heterocycles. The van der Waals surface area contributed by atoms with Crippen LogP contribution in [0.2, 0.25) is 5.02 Å². The molecule has 0 aliphatic heterocycles. The number of hydrogen-bond acceptors (Lipinski definition) is 4. The van der Waals surface area contributed by atoms with E-state index in [0.717, 1.165) is 0 Å². The smallest absolute Gasteiger partial charge is 0.329 e. The summed E-state index contributed by atoms with van der Waals surface area (Å²) in [4.78, 5) is 36.4. The summed E-state index contributed by atoms with van der Waals surface area (Å²) in [7, 11) is 0. The van der Waals surface area contributed by atoms with E-state index in [-0.39, 0.29) is 5.92 Å². The number of para-hydroxylation sites is 1. The standard InChI is InChI=1S/C20H22ClN3O4/c1-13(2)18(24-20(27)23-15-8-4-3-5-9-15)19(26)28-12-17(25)22-16-10-6-7-14(21)11-16/h3-11,13,18H,12H2,1-2H3,(H,22,25)(H2,23,24,27)/t18-/m1/s1. The van der Waals surface area contributed by atoms with Crippen LogP contribution in [0.4, 0.5) is 16.2 Å². The number of esters is 1. The Bertz CT molecular complexity index is 827. The van der Waals surface area contributed by atoms with Crippen LogP contribution in [-0.4, -0.2) is 30.6 Å². The average molecular weight is 404 g/mol. The van der Waals surface area contributed by atoms with Crippen molar-refractivity contribution in [3.05, 3.63) is 59.6 Å². The van der Waals surface area contributed by atoms with Crippen LogP contribution in [0.25, 0.3) is 0 Å². The molecule has 7 nitrogen and oxygen atoms in total. The number of anilines is 2. The minimum absolute atomic E-state index is 0.231. The molecule has 0 aliphatic rings. The van der Waals surface area contributed by atoms with Gasteiger partial charge in [-0.25, -0.2) is 9.59 Å². The quantitative estimate of drug-likeness (QED) is 0.614. The zero-order valence-electron chi connectivity index (χ0n) is 15.6. The second kappa shape index (κ2) is 10.3. The molecule has 0 aliphatic carbocycles. The van der Waals surface area contributed by atoms with E-state index in [1.54, 1.807) is 62.4 Å². The predicted octanol–water partition coefficient (Wildman–Crippen LogP) is 3.67. The van der Waals surface area contributed by atoms with Crippen molar-refractivity contribution in [2.45, 2.75) is 19.9 Å². The molecule has 0 fully saturated rings. The molecule has 28 heavy (non-hydrogen) atoms. The Morgan fingerprint density at radius 3 is 2.29 bits per heavy atom. The molecule has 0 spiro atoms. The van der Waals surface area contributed by atoms with Crippen molar-refractivity contribution in [3.8, 4) is 0 Å². The van der Waals surface area contributed by atoms with E-state index >= 15 is 0 Å². The van der Waals surface area contributed by atoms with E-state index in [4.69, 9.17) is 16.3 Å². The molecular weight excluding hydrogens is 382 g/mol. The molecule has 148 valence electrons. The molecule has 0 unspecified atom stereocenters. The minimum Gasteiger partial charge on any atom is -0.454 e. The predicted molar refractivity (Wildman–Crippen MR) is 108 cm³/mol. The van der Waals surface area contributed by atoms with E-state index in [2.05, 4.69) is 16.0 Å². The van der Waals surface area contributed by atoms with Crippen LogP contribution in [0.5, 0.6) is 0 Å². The lowest BCUT2D eigenvalue weighted by Crippen LogP contribution is -2.47. The normalized spacial score (nSPS) is 11.4. The van der Waals surface area contributed by atoms with Gasteiger partial charge in [0.1, 0.15) is 6.04 Å². The summed E-state index contributed by atoms with van der Waals surface area (Å²) in [5.74, 6) is -1.43. The minimum atomic E-state index is -0.900. The number of hydrogen-bond donors (Lipinski definition) is 3. The largest absolute Gasteiger partial charge is 0.454 e. The summed E-state index contributed by atoms with van der Waals surface area (Å²) in [6.07, 6.45) is 0. The Hall–Kier alpha value is -3.06. The first-order chi connectivity index (χ1) is 13.3. The van der Waals surface area contributed by atoms with Crippen molar-refractivity contribution in [3.63, 3.8) is 0 Å². The van der Waals surface area contributed by atoms with Gasteiger partial charge < -0.3 is 20.7 Å². The van der Waals surface area contributed by atoms with Crippen LogP contribution >= 0.6 is 11.6 Å². The van der Waals surface area contributed by atoms with E-state index in [9.17, 15) is 14.4 Å². The van der Waals surface area contributed by atoms with E-state index in [1.165, 1.54) is 0 Å². The summed E-state index contributed by atoms with van der Waals surface area (Å²) in [5.41, 5.74) is 1.09. The molecule has 0 saturated heterocycles. The molecule has 1 atom stereocenters. The third-order valence-electron chi connectivity index (χ3n) is 3.69. The highest BCUT2D eigenvalue weighted by atomic mass is 35.5. The fraction of sp³-hybridized carbons (Fsp3) is 0.250. The summed E-state index contributed by atoms with van der Waals surface area (Å²) in [5, 5.41) is 8.26. The fourth-order valence-electron chi connectivity index (χ4n) is 2.32. The van der Waals surface area contributed by atoms with Gasteiger partial charge in [-0.3, -0.25) is 4.79 Å². The molecule has 3 amide bonds. The lowest BCUT2D eigenvalue weighted by atomic mass is 10.1. The van der Waals surface area contributed by atoms with Gasteiger partial charge >= 0.3 is 12.0 Å². The van der Waals surface area contributed by atoms with Gasteiger partial charge in [-0.05, 0) is 36.2 Å². The second-order valence-corrected chi connectivity index (χ2v) is 6.79. The summed E-state index contributed by atoms with van der Waals surface area (Å²) in [6.45, 7) is 3.05. The highest BCUT2D eigenvalue weighted by Gasteiger charge is 2.26. The van der Waals surface area contributed by atoms with Crippen LogP contribution in [0.15, 0.2) is 54.6 Å². The first-order valence-corrected chi connectivity index (χ1v) is 9.07. The van der Waals surface area contributed by atoms with Crippen LogP contribution < -0.4 is 16.0 Å².